The molecule has 0 aromatic heterocycles. The first kappa shape index (κ1) is 23.7. The monoisotopic (exact) mass is 398 g/mol. The van der Waals surface area contributed by atoms with Crippen molar-refractivity contribution in [1.82, 2.24) is 0 Å². The first-order chi connectivity index (χ1) is 14.2. The van der Waals surface area contributed by atoms with Crippen molar-refractivity contribution < 1.29 is 9.47 Å². The maximum absolute atomic E-state index is 5.99. The molecule has 0 heterocycles. The normalized spacial score (nSPS) is 12.4. The van der Waals surface area contributed by atoms with Gasteiger partial charge in [-0.25, -0.2) is 0 Å². The summed E-state index contributed by atoms with van der Waals surface area (Å²) in [5.41, 5.74) is 1.39. The fourth-order valence-electron chi connectivity index (χ4n) is 3.72. The molecule has 2 aromatic carbocycles. The van der Waals surface area contributed by atoms with E-state index in [1.807, 2.05) is 0 Å². The zero-order valence-corrected chi connectivity index (χ0v) is 19.1. The van der Waals surface area contributed by atoms with Gasteiger partial charge < -0.3 is 9.47 Å². The molecule has 0 aliphatic rings. The molecule has 2 heteroatoms. The Balaban J connectivity index is 1.70. The lowest BCUT2D eigenvalue weighted by Crippen LogP contribution is -2.09. The summed E-state index contributed by atoms with van der Waals surface area (Å²) < 4.78 is 11.8. The van der Waals surface area contributed by atoms with Crippen LogP contribution in [0.3, 0.4) is 0 Å². The van der Waals surface area contributed by atoms with Crippen molar-refractivity contribution in [1.29, 1.82) is 0 Å². The SMILES string of the molecule is CCCCCCCCCCOc1ccc2cc(CCC(C)OCCC)ccc2c1. The number of rotatable bonds is 16. The van der Waals surface area contributed by atoms with E-state index in [0.29, 0.717) is 6.10 Å². The van der Waals surface area contributed by atoms with Crippen LogP contribution in [0.1, 0.15) is 90.5 Å². The van der Waals surface area contributed by atoms with Crippen molar-refractivity contribution in [3.63, 3.8) is 0 Å². The molecule has 0 saturated carbocycles. The molecule has 0 aliphatic carbocycles. The summed E-state index contributed by atoms with van der Waals surface area (Å²) in [7, 11) is 0. The van der Waals surface area contributed by atoms with E-state index in [1.165, 1.54) is 61.3 Å². The van der Waals surface area contributed by atoms with Gasteiger partial charge in [0.2, 0.25) is 0 Å². The van der Waals surface area contributed by atoms with Gasteiger partial charge in [-0.15, -0.1) is 0 Å². The number of hydrogen-bond acceptors (Lipinski definition) is 2. The third kappa shape index (κ3) is 9.67. The van der Waals surface area contributed by atoms with Crippen molar-refractivity contribution in [3.05, 3.63) is 42.0 Å². The van der Waals surface area contributed by atoms with Crippen LogP contribution in [-0.4, -0.2) is 19.3 Å². The van der Waals surface area contributed by atoms with Crippen molar-refractivity contribution >= 4 is 10.8 Å². The fourth-order valence-corrected chi connectivity index (χ4v) is 3.72. The highest BCUT2D eigenvalue weighted by atomic mass is 16.5. The maximum Gasteiger partial charge on any atom is 0.119 e. The fraction of sp³-hybridized carbons (Fsp3) is 0.630. The van der Waals surface area contributed by atoms with Gasteiger partial charge in [0.25, 0.3) is 0 Å². The van der Waals surface area contributed by atoms with Crippen LogP contribution >= 0.6 is 0 Å². The lowest BCUT2D eigenvalue weighted by Gasteiger charge is -2.13. The van der Waals surface area contributed by atoms with Crippen LogP contribution in [0.5, 0.6) is 5.75 Å². The Labute approximate surface area is 179 Å². The van der Waals surface area contributed by atoms with Gasteiger partial charge in [0.05, 0.1) is 12.7 Å². The molecule has 2 rings (SSSR count). The second kappa shape index (κ2) is 14.4. The third-order valence-electron chi connectivity index (χ3n) is 5.59. The van der Waals surface area contributed by atoms with Crippen molar-refractivity contribution in [3.8, 4) is 5.75 Å². The van der Waals surface area contributed by atoms with Gasteiger partial charge >= 0.3 is 0 Å². The van der Waals surface area contributed by atoms with E-state index >= 15 is 0 Å². The highest BCUT2D eigenvalue weighted by Crippen LogP contribution is 2.23. The molecule has 0 saturated heterocycles. The van der Waals surface area contributed by atoms with E-state index in [9.17, 15) is 0 Å². The minimum Gasteiger partial charge on any atom is -0.494 e. The Kier molecular flexibility index (Phi) is 11.8. The van der Waals surface area contributed by atoms with Crippen molar-refractivity contribution in [2.75, 3.05) is 13.2 Å². The van der Waals surface area contributed by atoms with Gasteiger partial charge in [0.15, 0.2) is 0 Å². The predicted molar refractivity (Wildman–Crippen MR) is 126 cm³/mol. The molecule has 162 valence electrons. The summed E-state index contributed by atoms with van der Waals surface area (Å²) >= 11 is 0. The van der Waals surface area contributed by atoms with Crippen LogP contribution in [0.15, 0.2) is 36.4 Å². The molecule has 0 amide bonds. The molecule has 1 atom stereocenters. The lowest BCUT2D eigenvalue weighted by atomic mass is 10.0. The predicted octanol–water partition coefficient (Wildman–Crippen LogP) is 8.11. The molecule has 2 nitrogen and oxygen atoms in total. The van der Waals surface area contributed by atoms with Gasteiger partial charge in [-0.3, -0.25) is 0 Å². The second-order valence-corrected chi connectivity index (χ2v) is 8.39. The summed E-state index contributed by atoms with van der Waals surface area (Å²) in [6.07, 6.45) is 14.2. The average Bonchev–Trinajstić information content (AvgIpc) is 2.75. The highest BCUT2D eigenvalue weighted by Gasteiger charge is 2.04. The average molecular weight is 399 g/mol. The maximum atomic E-state index is 5.99. The Morgan fingerprint density at radius 3 is 2.17 bits per heavy atom. The molecule has 0 radical (unpaired) electrons. The molecule has 0 fully saturated rings. The molecule has 0 N–H and O–H groups in total. The zero-order chi connectivity index (χ0) is 20.7. The molecule has 1 unspecified atom stereocenters. The van der Waals surface area contributed by atoms with Gasteiger partial charge in [-0.05, 0) is 61.1 Å². The molecule has 2 aromatic rings. The van der Waals surface area contributed by atoms with E-state index < -0.39 is 0 Å². The first-order valence-electron chi connectivity index (χ1n) is 12.0. The minimum absolute atomic E-state index is 0.331. The van der Waals surface area contributed by atoms with Crippen LogP contribution in [0.4, 0.5) is 0 Å². The Hall–Kier alpha value is -1.54. The van der Waals surface area contributed by atoms with Crippen LogP contribution in [-0.2, 0) is 11.2 Å². The Morgan fingerprint density at radius 1 is 0.724 bits per heavy atom. The third-order valence-corrected chi connectivity index (χ3v) is 5.59. The van der Waals surface area contributed by atoms with Gasteiger partial charge in [-0.1, -0.05) is 83.1 Å². The van der Waals surface area contributed by atoms with Gasteiger partial charge in [-0.2, -0.15) is 0 Å². The second-order valence-electron chi connectivity index (χ2n) is 8.39. The number of hydrogen-bond donors (Lipinski definition) is 0. The van der Waals surface area contributed by atoms with E-state index in [1.54, 1.807) is 0 Å². The lowest BCUT2D eigenvalue weighted by molar-refractivity contribution is 0.0610. The van der Waals surface area contributed by atoms with Crippen LogP contribution in [0.25, 0.3) is 10.8 Å². The van der Waals surface area contributed by atoms with Crippen LogP contribution in [0.2, 0.25) is 0 Å². The van der Waals surface area contributed by atoms with Gasteiger partial charge in [0, 0.05) is 6.61 Å². The minimum atomic E-state index is 0.331. The van der Waals surface area contributed by atoms with Crippen molar-refractivity contribution in [2.45, 2.75) is 97.5 Å². The number of benzene rings is 2. The van der Waals surface area contributed by atoms with E-state index in [2.05, 4.69) is 57.2 Å². The number of aryl methyl sites for hydroxylation is 1. The van der Waals surface area contributed by atoms with E-state index in [0.717, 1.165) is 44.6 Å². The molecular formula is C27H42O2. The smallest absolute Gasteiger partial charge is 0.119 e. The van der Waals surface area contributed by atoms with E-state index in [4.69, 9.17) is 9.47 Å². The number of unbranched alkanes of at least 4 members (excludes halogenated alkanes) is 7. The zero-order valence-electron chi connectivity index (χ0n) is 19.1. The van der Waals surface area contributed by atoms with Crippen molar-refractivity contribution in [2.24, 2.45) is 0 Å². The van der Waals surface area contributed by atoms with Crippen LogP contribution < -0.4 is 4.74 Å². The van der Waals surface area contributed by atoms with Crippen LogP contribution in [0, 0.1) is 0 Å². The highest BCUT2D eigenvalue weighted by molar-refractivity contribution is 5.84. The number of fused-ring (bicyclic) bond motifs is 1. The topological polar surface area (TPSA) is 18.5 Å². The Bertz CT molecular complexity index is 679. The number of ether oxygens (including phenoxy) is 2. The van der Waals surface area contributed by atoms with E-state index in [-0.39, 0.29) is 0 Å². The standard InChI is InChI=1S/C27H42O2/c1-4-6-7-8-9-10-11-12-20-29-27-18-17-25-21-24(15-16-26(25)22-27)14-13-23(3)28-19-5-2/h15-18,21-23H,4-14,19-20H2,1-3H3. The summed E-state index contributed by atoms with van der Waals surface area (Å²) in [4.78, 5) is 0. The summed E-state index contributed by atoms with van der Waals surface area (Å²) in [5, 5.41) is 2.56. The largest absolute Gasteiger partial charge is 0.494 e. The molecule has 0 bridgehead atoms. The molecule has 0 aliphatic heterocycles. The summed E-state index contributed by atoms with van der Waals surface area (Å²) in [6, 6.07) is 13.3. The van der Waals surface area contributed by atoms with Gasteiger partial charge in [0.1, 0.15) is 5.75 Å². The molecular weight excluding hydrogens is 356 g/mol. The molecule has 29 heavy (non-hydrogen) atoms. The first-order valence-corrected chi connectivity index (χ1v) is 12.0. The molecule has 0 spiro atoms. The summed E-state index contributed by atoms with van der Waals surface area (Å²) in [5.74, 6) is 0.995. The summed E-state index contributed by atoms with van der Waals surface area (Å²) in [6.45, 7) is 8.29. The quantitative estimate of drug-likeness (QED) is 0.266. The Morgan fingerprint density at radius 2 is 1.41 bits per heavy atom.